The van der Waals surface area contributed by atoms with E-state index in [0.717, 1.165) is 17.2 Å². The van der Waals surface area contributed by atoms with Crippen molar-refractivity contribution in [1.29, 1.82) is 0 Å². The average Bonchev–Trinajstić information content (AvgIpc) is 3.00. The molecule has 2 aromatic carbocycles. The van der Waals surface area contributed by atoms with Gasteiger partial charge in [0.05, 0.1) is 17.8 Å². The van der Waals surface area contributed by atoms with Gasteiger partial charge in [-0.15, -0.1) is 0 Å². The zero-order valence-corrected chi connectivity index (χ0v) is 18.8. The van der Waals surface area contributed by atoms with Crippen LogP contribution in [0.4, 0.5) is 5.69 Å². The van der Waals surface area contributed by atoms with E-state index >= 15 is 0 Å². The number of hydrogen-bond acceptors (Lipinski definition) is 4. The zero-order chi connectivity index (χ0) is 20.3. The summed E-state index contributed by atoms with van der Waals surface area (Å²) in [4.78, 5) is 5.82. The molecule has 4 heteroatoms. The second-order valence-corrected chi connectivity index (χ2v) is 9.12. The number of hydrogen-bond donors (Lipinski definition) is 0. The molecule has 1 aliphatic rings. The molecule has 0 saturated carbocycles. The Kier molecular flexibility index (Phi) is 6.63. The molecule has 0 atom stereocenters. The van der Waals surface area contributed by atoms with Gasteiger partial charge in [-0.3, -0.25) is 0 Å². The van der Waals surface area contributed by atoms with Gasteiger partial charge in [-0.25, -0.2) is 0 Å². The maximum absolute atomic E-state index is 5.66. The number of allylic oxidation sites excluding steroid dienone is 2. The quantitative estimate of drug-likeness (QED) is 0.283. The summed E-state index contributed by atoms with van der Waals surface area (Å²) in [5.41, 5.74) is 5.07. The molecule has 0 amide bonds. The van der Waals surface area contributed by atoms with Crippen molar-refractivity contribution >= 4 is 29.2 Å². The van der Waals surface area contributed by atoms with Gasteiger partial charge in [0.15, 0.2) is 0 Å². The standard InChI is InChI=1S/C24H27NOS2/c1-7-25-21-11-9-17(3)13-23(21)28-24(25)15-20(26-6)14-19(5)27-22-12-16(2)8-10-18(22)4/h8-15H,5,7H2,1-4,6H3/b20-14-,24-15-. The molecule has 2 aromatic rings. The number of aryl methyl sites for hydroxylation is 3. The Morgan fingerprint density at radius 3 is 2.57 bits per heavy atom. The molecule has 146 valence electrons. The predicted octanol–water partition coefficient (Wildman–Crippen LogP) is 7.22. The van der Waals surface area contributed by atoms with Gasteiger partial charge in [0.2, 0.25) is 0 Å². The number of fused-ring (bicyclic) bond motifs is 1. The lowest BCUT2D eigenvalue weighted by atomic mass is 10.2. The van der Waals surface area contributed by atoms with Crippen molar-refractivity contribution < 1.29 is 4.74 Å². The van der Waals surface area contributed by atoms with E-state index in [1.54, 1.807) is 30.6 Å². The highest BCUT2D eigenvalue weighted by atomic mass is 32.2. The van der Waals surface area contributed by atoms with Crippen molar-refractivity contribution in [3.05, 3.63) is 87.5 Å². The van der Waals surface area contributed by atoms with Crippen LogP contribution in [0.25, 0.3) is 0 Å². The van der Waals surface area contributed by atoms with E-state index in [4.69, 9.17) is 4.74 Å². The lowest BCUT2D eigenvalue weighted by Crippen LogP contribution is -2.16. The van der Waals surface area contributed by atoms with Crippen molar-refractivity contribution in [2.24, 2.45) is 0 Å². The van der Waals surface area contributed by atoms with Crippen LogP contribution in [0.15, 0.2) is 80.6 Å². The number of rotatable bonds is 6. The van der Waals surface area contributed by atoms with Crippen molar-refractivity contribution in [1.82, 2.24) is 0 Å². The summed E-state index contributed by atoms with van der Waals surface area (Å²) in [7, 11) is 1.71. The Labute approximate surface area is 177 Å². The van der Waals surface area contributed by atoms with Crippen LogP contribution in [0.2, 0.25) is 0 Å². The fourth-order valence-electron chi connectivity index (χ4n) is 3.07. The maximum Gasteiger partial charge on any atom is 0.122 e. The Hall–Kier alpha value is -2.04. The molecule has 3 rings (SSSR count). The summed E-state index contributed by atoms with van der Waals surface area (Å²) >= 11 is 3.47. The molecule has 1 aliphatic heterocycles. The van der Waals surface area contributed by atoms with Gasteiger partial charge in [0.25, 0.3) is 0 Å². The van der Waals surface area contributed by atoms with Crippen molar-refractivity contribution in [3.63, 3.8) is 0 Å². The molecule has 28 heavy (non-hydrogen) atoms. The third-order valence-corrected chi connectivity index (χ3v) is 6.73. The van der Waals surface area contributed by atoms with Crippen LogP contribution in [0.3, 0.4) is 0 Å². The van der Waals surface area contributed by atoms with Crippen LogP contribution < -0.4 is 4.90 Å². The number of nitrogens with zero attached hydrogens (tertiary/aromatic N) is 1. The molecule has 0 aromatic heterocycles. The first-order valence-corrected chi connectivity index (χ1v) is 11.0. The summed E-state index contributed by atoms with van der Waals surface area (Å²) in [6, 6.07) is 13.1. The first-order chi connectivity index (χ1) is 13.4. The fraction of sp³-hybridized carbons (Fsp3) is 0.250. The van der Waals surface area contributed by atoms with Crippen LogP contribution in [0, 0.1) is 20.8 Å². The largest absolute Gasteiger partial charge is 0.497 e. The topological polar surface area (TPSA) is 12.5 Å². The molecule has 0 saturated heterocycles. The van der Waals surface area contributed by atoms with Crippen LogP contribution in [0.5, 0.6) is 0 Å². The average molecular weight is 410 g/mol. The summed E-state index contributed by atoms with van der Waals surface area (Å²) in [5.74, 6) is 0.813. The number of benzene rings is 2. The molecule has 0 N–H and O–H groups in total. The molecule has 0 unspecified atom stereocenters. The summed E-state index contributed by atoms with van der Waals surface area (Å²) < 4.78 is 5.66. The molecule has 1 heterocycles. The van der Waals surface area contributed by atoms with E-state index in [0.29, 0.717) is 0 Å². The normalized spacial score (nSPS) is 15.1. The van der Waals surface area contributed by atoms with Crippen molar-refractivity contribution in [2.45, 2.75) is 37.5 Å². The van der Waals surface area contributed by atoms with Gasteiger partial charge in [0, 0.05) is 27.3 Å². The minimum Gasteiger partial charge on any atom is -0.497 e. The van der Waals surface area contributed by atoms with Crippen LogP contribution in [-0.2, 0) is 4.74 Å². The van der Waals surface area contributed by atoms with E-state index in [-0.39, 0.29) is 0 Å². The number of thioether (sulfide) groups is 2. The van der Waals surface area contributed by atoms with Crippen LogP contribution >= 0.6 is 23.5 Å². The Balaban J connectivity index is 1.83. The SMILES string of the molecule is C=C(/C=C(/C=C1\Sc2cc(C)ccc2N1CC)OC)Sc1cc(C)ccc1C. The predicted molar refractivity (Wildman–Crippen MR) is 124 cm³/mol. The van der Waals surface area contributed by atoms with E-state index in [2.05, 4.69) is 81.6 Å². The Morgan fingerprint density at radius 2 is 1.86 bits per heavy atom. The molecule has 0 bridgehead atoms. The highest BCUT2D eigenvalue weighted by Crippen LogP contribution is 2.46. The lowest BCUT2D eigenvalue weighted by molar-refractivity contribution is 0.306. The molecule has 0 fully saturated rings. The van der Waals surface area contributed by atoms with Gasteiger partial charge in [-0.1, -0.05) is 48.3 Å². The van der Waals surface area contributed by atoms with Crippen LogP contribution in [-0.4, -0.2) is 13.7 Å². The van der Waals surface area contributed by atoms with Gasteiger partial charge in [-0.05, 0) is 68.7 Å². The lowest BCUT2D eigenvalue weighted by Gasteiger charge is -2.18. The van der Waals surface area contributed by atoms with Gasteiger partial charge >= 0.3 is 0 Å². The monoisotopic (exact) mass is 409 g/mol. The maximum atomic E-state index is 5.66. The Bertz CT molecular complexity index is 959. The van der Waals surface area contributed by atoms with Crippen molar-refractivity contribution in [3.8, 4) is 0 Å². The van der Waals surface area contributed by atoms with Gasteiger partial charge < -0.3 is 9.64 Å². The van der Waals surface area contributed by atoms with Gasteiger partial charge in [0.1, 0.15) is 5.76 Å². The third kappa shape index (κ3) is 4.68. The molecule has 0 spiro atoms. The van der Waals surface area contributed by atoms with E-state index in [1.165, 1.54) is 37.2 Å². The summed E-state index contributed by atoms with van der Waals surface area (Å²) in [6.07, 6.45) is 4.13. The number of anilines is 1. The fourth-order valence-corrected chi connectivity index (χ4v) is 5.27. The van der Waals surface area contributed by atoms with Crippen LogP contribution in [0.1, 0.15) is 23.6 Å². The second-order valence-electron chi connectivity index (χ2n) is 6.89. The first kappa shape index (κ1) is 20.7. The molecule has 2 nitrogen and oxygen atoms in total. The van der Waals surface area contributed by atoms with Crippen molar-refractivity contribution in [2.75, 3.05) is 18.6 Å². The first-order valence-electron chi connectivity index (χ1n) is 9.38. The highest BCUT2D eigenvalue weighted by molar-refractivity contribution is 8.03. The second kappa shape index (κ2) is 8.97. The van der Waals surface area contributed by atoms with Gasteiger partial charge in [-0.2, -0.15) is 0 Å². The number of ether oxygens (including phenoxy) is 1. The molecular formula is C24H27NOS2. The highest BCUT2D eigenvalue weighted by Gasteiger charge is 2.24. The third-order valence-electron chi connectivity index (χ3n) is 4.59. The molecular weight excluding hydrogens is 382 g/mol. The minimum absolute atomic E-state index is 0.813. The van der Waals surface area contributed by atoms with E-state index in [9.17, 15) is 0 Å². The van der Waals surface area contributed by atoms with E-state index in [1.807, 2.05) is 6.08 Å². The number of methoxy groups -OCH3 is 1. The minimum atomic E-state index is 0.813. The molecule has 0 radical (unpaired) electrons. The zero-order valence-electron chi connectivity index (χ0n) is 17.2. The van der Waals surface area contributed by atoms with E-state index < -0.39 is 0 Å². The smallest absolute Gasteiger partial charge is 0.122 e. The molecule has 0 aliphatic carbocycles. The Morgan fingerprint density at radius 1 is 1.14 bits per heavy atom. The summed E-state index contributed by atoms with van der Waals surface area (Å²) in [6.45, 7) is 13.7. The summed E-state index contributed by atoms with van der Waals surface area (Å²) in [5, 5.41) is 1.18.